The van der Waals surface area contributed by atoms with Crippen molar-refractivity contribution in [2.75, 3.05) is 7.11 Å². The van der Waals surface area contributed by atoms with E-state index in [1.807, 2.05) is 6.92 Å². The maximum Gasteiger partial charge on any atom is 0.573 e. The van der Waals surface area contributed by atoms with E-state index in [9.17, 15) is 23.1 Å². The topological polar surface area (TPSA) is 96.0 Å². The Morgan fingerprint density at radius 1 is 1.07 bits per heavy atom. The van der Waals surface area contributed by atoms with E-state index in [1.165, 1.54) is 19.2 Å². The molecule has 214 valence electrons. The zero-order chi connectivity index (χ0) is 29.5. The van der Waals surface area contributed by atoms with E-state index in [-0.39, 0.29) is 18.7 Å². The fourth-order valence-electron chi connectivity index (χ4n) is 4.77. The number of rotatable bonds is 9. The van der Waals surface area contributed by atoms with Crippen molar-refractivity contribution in [2.45, 2.75) is 39.3 Å². The number of aliphatic carboxylic acids is 1. The van der Waals surface area contributed by atoms with Gasteiger partial charge in [-0.3, -0.25) is 0 Å². The number of ether oxygens (including phenoxy) is 3. The van der Waals surface area contributed by atoms with Gasteiger partial charge in [-0.05, 0) is 61.4 Å². The van der Waals surface area contributed by atoms with Crippen LogP contribution in [0.1, 0.15) is 24.6 Å². The molecule has 0 aliphatic rings. The summed E-state index contributed by atoms with van der Waals surface area (Å²) in [4.78, 5) is 11.5. The normalized spacial score (nSPS) is 12.6. The zero-order valence-corrected chi connectivity index (χ0v) is 22.8. The number of fused-ring (bicyclic) bond motifs is 2. The first-order valence-corrected chi connectivity index (χ1v) is 12.9. The third kappa shape index (κ3) is 5.62. The van der Waals surface area contributed by atoms with Crippen molar-refractivity contribution >= 4 is 39.4 Å². The van der Waals surface area contributed by atoms with Gasteiger partial charge in [0, 0.05) is 40.3 Å². The second kappa shape index (κ2) is 10.9. The number of nitrogens with zero attached hydrogens (tertiary/aromatic N) is 2. The molecule has 0 aliphatic carbocycles. The number of hydrogen-bond acceptors (Lipinski definition) is 6. The van der Waals surface area contributed by atoms with E-state index in [2.05, 4.69) is 9.89 Å². The minimum Gasteiger partial charge on any atom is -0.497 e. The van der Waals surface area contributed by atoms with Crippen LogP contribution < -0.4 is 14.2 Å². The van der Waals surface area contributed by atoms with E-state index < -0.39 is 18.4 Å². The summed E-state index contributed by atoms with van der Waals surface area (Å²) >= 11 is 6.52. The predicted octanol–water partition coefficient (Wildman–Crippen LogP) is 7.61. The zero-order valence-electron chi connectivity index (χ0n) is 22.1. The maximum absolute atomic E-state index is 13.1. The van der Waals surface area contributed by atoms with Crippen LogP contribution in [0.3, 0.4) is 0 Å². The fraction of sp³-hybridized carbons (Fsp3) is 0.241. The highest BCUT2D eigenvalue weighted by Gasteiger charge is 2.32. The Labute approximate surface area is 236 Å². The van der Waals surface area contributed by atoms with Crippen LogP contribution in [0.5, 0.6) is 17.2 Å². The fourth-order valence-corrected chi connectivity index (χ4v) is 4.95. The smallest absolute Gasteiger partial charge is 0.497 e. The monoisotopic (exact) mass is 588 g/mol. The Kier molecular flexibility index (Phi) is 7.48. The molecule has 0 saturated heterocycles. The molecule has 0 fully saturated rings. The van der Waals surface area contributed by atoms with Crippen molar-refractivity contribution in [3.63, 3.8) is 0 Å². The summed E-state index contributed by atoms with van der Waals surface area (Å²) in [5, 5.41) is 15.3. The highest BCUT2D eigenvalue weighted by Crippen LogP contribution is 2.41. The molecule has 0 aliphatic heterocycles. The minimum absolute atomic E-state index is 0.126. The molecule has 0 bridgehead atoms. The molecular formula is C29H24ClF3N2O6. The summed E-state index contributed by atoms with van der Waals surface area (Å²) in [6, 6.07) is 14.1. The molecular weight excluding hydrogens is 565 g/mol. The first-order chi connectivity index (χ1) is 19.5. The summed E-state index contributed by atoms with van der Waals surface area (Å²) in [5.41, 5.74) is 3.31. The summed E-state index contributed by atoms with van der Waals surface area (Å²) < 4.78 is 61.7. The van der Waals surface area contributed by atoms with Gasteiger partial charge in [-0.1, -0.05) is 23.7 Å². The lowest BCUT2D eigenvalue weighted by Crippen LogP contribution is -2.25. The van der Waals surface area contributed by atoms with E-state index in [0.717, 1.165) is 0 Å². The van der Waals surface area contributed by atoms with Gasteiger partial charge in [-0.15, -0.1) is 13.2 Å². The van der Waals surface area contributed by atoms with Crippen molar-refractivity contribution in [1.82, 2.24) is 9.72 Å². The van der Waals surface area contributed by atoms with Gasteiger partial charge in [-0.2, -0.15) is 0 Å². The average molecular weight is 589 g/mol. The Bertz CT molecular complexity index is 1760. The van der Waals surface area contributed by atoms with Gasteiger partial charge in [0.25, 0.3) is 0 Å². The lowest BCUT2D eigenvalue weighted by Gasteiger charge is -2.16. The molecule has 0 unspecified atom stereocenters. The number of halogens is 4. The molecule has 3 aromatic carbocycles. The van der Waals surface area contributed by atoms with Gasteiger partial charge in [-0.25, -0.2) is 4.79 Å². The summed E-state index contributed by atoms with van der Waals surface area (Å²) in [7, 11) is 1.53. The predicted molar refractivity (Wildman–Crippen MR) is 146 cm³/mol. The first kappa shape index (κ1) is 28.2. The van der Waals surface area contributed by atoms with E-state index >= 15 is 0 Å². The van der Waals surface area contributed by atoms with Crippen molar-refractivity contribution in [3.05, 3.63) is 70.9 Å². The number of carboxylic acid groups (broad SMARTS) is 1. The molecule has 2 aromatic heterocycles. The summed E-state index contributed by atoms with van der Waals surface area (Å²) in [6.45, 7) is 3.63. The van der Waals surface area contributed by atoms with Gasteiger partial charge >= 0.3 is 12.3 Å². The van der Waals surface area contributed by atoms with E-state index in [1.54, 1.807) is 54.0 Å². The highest BCUT2D eigenvalue weighted by molar-refractivity contribution is 6.31. The van der Waals surface area contributed by atoms with Crippen LogP contribution in [0.15, 0.2) is 59.1 Å². The number of aromatic nitrogens is 2. The summed E-state index contributed by atoms with van der Waals surface area (Å²) in [6.07, 6.45) is -5.68. The molecule has 0 amide bonds. The lowest BCUT2D eigenvalue weighted by atomic mass is 10.0. The largest absolute Gasteiger partial charge is 0.573 e. The van der Waals surface area contributed by atoms with Crippen LogP contribution >= 0.6 is 11.6 Å². The molecule has 8 nitrogen and oxygen atoms in total. The van der Waals surface area contributed by atoms with Crippen LogP contribution in [0, 0.1) is 6.92 Å². The van der Waals surface area contributed by atoms with Crippen LogP contribution in [0.4, 0.5) is 13.2 Å². The van der Waals surface area contributed by atoms with Crippen molar-refractivity contribution in [2.24, 2.45) is 0 Å². The first-order valence-electron chi connectivity index (χ1n) is 12.5. The average Bonchev–Trinajstić information content (AvgIpc) is 3.45. The number of hydrogen-bond donors (Lipinski definition) is 1. The van der Waals surface area contributed by atoms with Crippen LogP contribution in [0.2, 0.25) is 5.02 Å². The van der Waals surface area contributed by atoms with Crippen LogP contribution in [0.25, 0.3) is 33.1 Å². The van der Waals surface area contributed by atoms with Crippen LogP contribution in [-0.4, -0.2) is 40.4 Å². The van der Waals surface area contributed by atoms with Crippen LogP contribution in [-0.2, 0) is 11.3 Å². The third-order valence-electron chi connectivity index (χ3n) is 6.72. The highest BCUT2D eigenvalue weighted by atomic mass is 35.5. The lowest BCUT2D eigenvalue weighted by molar-refractivity contribution is -0.274. The van der Waals surface area contributed by atoms with Gasteiger partial charge in [0.05, 0.1) is 18.0 Å². The van der Waals surface area contributed by atoms with Gasteiger partial charge < -0.3 is 28.4 Å². The van der Waals surface area contributed by atoms with Gasteiger partial charge in [0.15, 0.2) is 11.7 Å². The molecule has 5 aromatic rings. The Balaban J connectivity index is 1.66. The second-order valence-electron chi connectivity index (χ2n) is 9.27. The molecule has 0 saturated carbocycles. The number of carboxylic acids is 1. The maximum atomic E-state index is 13.1. The third-order valence-corrected chi connectivity index (χ3v) is 7.08. The minimum atomic E-state index is -4.88. The Morgan fingerprint density at radius 2 is 1.78 bits per heavy atom. The Morgan fingerprint density at radius 3 is 2.46 bits per heavy atom. The molecule has 12 heteroatoms. The molecule has 2 heterocycles. The number of alkyl halides is 3. The molecule has 1 atom stereocenters. The van der Waals surface area contributed by atoms with Gasteiger partial charge in [0.2, 0.25) is 0 Å². The van der Waals surface area contributed by atoms with Crippen molar-refractivity contribution in [3.8, 4) is 28.5 Å². The number of methoxy groups -OCH3 is 1. The summed E-state index contributed by atoms with van der Waals surface area (Å²) in [5.74, 6) is -0.611. The standard InChI is InChI=1S/C29H24ClF3N2O6/c1-4-24(28(36)37)39-18-7-10-22(30)16(11-18)14-35-15(2)26(20-8-6-19(12-23(20)35)40-29(31,32)33)27-21-9-5-17(38-3)13-25(21)41-34-27/h5-13,24H,4,14H2,1-3H3,(H,36,37)/t24-/m0/s1. The molecule has 0 spiro atoms. The Hall–Kier alpha value is -4.38. The molecule has 41 heavy (non-hydrogen) atoms. The quantitative estimate of drug-likeness (QED) is 0.189. The molecule has 5 rings (SSSR count). The van der Waals surface area contributed by atoms with Crippen molar-refractivity contribution in [1.29, 1.82) is 0 Å². The molecule has 1 N–H and O–H groups in total. The number of carbonyl (C=O) groups is 1. The van der Waals surface area contributed by atoms with E-state index in [4.69, 9.17) is 25.6 Å². The second-order valence-corrected chi connectivity index (χ2v) is 9.68. The molecule has 0 radical (unpaired) electrons. The van der Waals surface area contributed by atoms with E-state index in [0.29, 0.717) is 60.9 Å². The van der Waals surface area contributed by atoms with Crippen molar-refractivity contribution < 1.29 is 41.8 Å². The van der Waals surface area contributed by atoms with Gasteiger partial charge in [0.1, 0.15) is 22.9 Å². The SMILES string of the molecule is CC[C@H](Oc1ccc(Cl)c(Cn2c(C)c(-c3noc4cc(OC)ccc34)c3ccc(OC(F)(F)F)cc32)c1)C(=O)O. The number of benzene rings is 3.